The summed E-state index contributed by atoms with van der Waals surface area (Å²) < 4.78 is 0. The van der Waals surface area contributed by atoms with Crippen molar-refractivity contribution in [2.45, 2.75) is 21.7 Å². The van der Waals surface area contributed by atoms with Crippen molar-refractivity contribution in [2.75, 3.05) is 5.75 Å². The fourth-order valence-corrected chi connectivity index (χ4v) is 4.16. The molecule has 82 valence electrons. The number of hydrogen-bond acceptors (Lipinski definition) is 3. The van der Waals surface area contributed by atoms with Crippen molar-refractivity contribution in [2.24, 2.45) is 0 Å². The summed E-state index contributed by atoms with van der Waals surface area (Å²) in [5, 5.41) is 1.71. The van der Waals surface area contributed by atoms with Crippen molar-refractivity contribution in [3.8, 4) is 0 Å². The summed E-state index contributed by atoms with van der Waals surface area (Å²) in [7, 11) is 0. The van der Waals surface area contributed by atoms with Crippen molar-refractivity contribution in [3.63, 3.8) is 0 Å². The number of benzene rings is 1. The van der Waals surface area contributed by atoms with Gasteiger partial charge in [0.15, 0.2) is 5.16 Å². The molecule has 4 heteroatoms. The average molecular weight is 248 g/mol. The van der Waals surface area contributed by atoms with Crippen LogP contribution in [0.5, 0.6) is 0 Å². The number of hydrogen-bond donors (Lipinski definition) is 1. The predicted molar refractivity (Wildman–Crippen MR) is 69.1 cm³/mol. The maximum absolute atomic E-state index is 4.22. The second-order valence-electron chi connectivity index (χ2n) is 3.76. The maximum atomic E-state index is 4.22. The van der Waals surface area contributed by atoms with E-state index in [2.05, 4.69) is 34.2 Å². The third kappa shape index (κ3) is 2.13. The molecule has 3 rings (SSSR count). The number of aromatic amines is 1. The summed E-state index contributed by atoms with van der Waals surface area (Å²) in [4.78, 5) is 8.80. The Hall–Kier alpha value is -0.870. The quantitative estimate of drug-likeness (QED) is 0.846. The molecule has 0 aliphatic carbocycles. The van der Waals surface area contributed by atoms with Crippen LogP contribution in [0.2, 0.25) is 0 Å². The average Bonchev–Trinajstić information content (AvgIpc) is 2.95. The smallest absolute Gasteiger partial charge is 0.165 e. The summed E-state index contributed by atoms with van der Waals surface area (Å²) in [6, 6.07) is 8.70. The van der Waals surface area contributed by atoms with Crippen LogP contribution in [0, 0.1) is 0 Å². The highest BCUT2D eigenvalue weighted by molar-refractivity contribution is 8.03. The van der Waals surface area contributed by atoms with Crippen LogP contribution in [-0.4, -0.2) is 21.0 Å². The van der Waals surface area contributed by atoms with E-state index in [1.807, 2.05) is 29.7 Å². The summed E-state index contributed by atoms with van der Waals surface area (Å²) in [6.45, 7) is 0. The molecule has 0 saturated carbocycles. The van der Waals surface area contributed by atoms with Crippen LogP contribution >= 0.6 is 23.5 Å². The minimum atomic E-state index is 0.687. The van der Waals surface area contributed by atoms with Gasteiger partial charge < -0.3 is 4.98 Å². The molecule has 1 unspecified atom stereocenters. The van der Waals surface area contributed by atoms with Gasteiger partial charge in [-0.05, 0) is 18.1 Å². The zero-order valence-electron chi connectivity index (χ0n) is 8.72. The second kappa shape index (κ2) is 4.55. The summed E-state index contributed by atoms with van der Waals surface area (Å²) in [5.41, 5.74) is 1.50. The first-order valence-corrected chi connectivity index (χ1v) is 7.15. The number of imidazole rings is 1. The lowest BCUT2D eigenvalue weighted by molar-refractivity contribution is 0.962. The zero-order valence-corrected chi connectivity index (χ0v) is 10.4. The maximum Gasteiger partial charge on any atom is 0.165 e. The Labute approximate surface area is 103 Å². The molecule has 1 aromatic heterocycles. The molecule has 0 amide bonds. The van der Waals surface area contributed by atoms with E-state index in [9.17, 15) is 0 Å². The van der Waals surface area contributed by atoms with Gasteiger partial charge in [-0.2, -0.15) is 0 Å². The monoisotopic (exact) mass is 248 g/mol. The molecule has 0 bridgehead atoms. The Balaban J connectivity index is 1.60. The second-order valence-corrected chi connectivity index (χ2v) is 6.11. The Bertz CT molecular complexity index is 443. The molecule has 1 atom stereocenters. The van der Waals surface area contributed by atoms with E-state index in [-0.39, 0.29) is 0 Å². The number of rotatable bonds is 3. The van der Waals surface area contributed by atoms with Crippen LogP contribution in [0.3, 0.4) is 0 Å². The van der Waals surface area contributed by atoms with Gasteiger partial charge in [-0.15, -0.1) is 11.8 Å². The van der Waals surface area contributed by atoms with Gasteiger partial charge in [-0.25, -0.2) is 4.98 Å². The van der Waals surface area contributed by atoms with E-state index in [4.69, 9.17) is 0 Å². The number of nitrogens with one attached hydrogen (secondary N) is 1. The molecular formula is C12H12N2S2. The van der Waals surface area contributed by atoms with E-state index in [1.54, 1.807) is 6.20 Å². The highest BCUT2D eigenvalue weighted by Gasteiger charge is 2.21. The van der Waals surface area contributed by atoms with Crippen molar-refractivity contribution >= 4 is 23.5 Å². The Morgan fingerprint density at radius 1 is 1.44 bits per heavy atom. The van der Waals surface area contributed by atoms with E-state index < -0.39 is 0 Å². The molecule has 2 aromatic rings. The molecule has 0 fully saturated rings. The molecule has 16 heavy (non-hydrogen) atoms. The van der Waals surface area contributed by atoms with Gasteiger partial charge in [0.2, 0.25) is 0 Å². The van der Waals surface area contributed by atoms with Crippen molar-refractivity contribution in [1.82, 2.24) is 9.97 Å². The van der Waals surface area contributed by atoms with Crippen LogP contribution in [0.25, 0.3) is 0 Å². The Kier molecular flexibility index (Phi) is 2.93. The number of nitrogens with zero attached hydrogens (tertiary/aromatic N) is 1. The van der Waals surface area contributed by atoms with Gasteiger partial charge in [0.25, 0.3) is 0 Å². The summed E-state index contributed by atoms with van der Waals surface area (Å²) in [6.07, 6.45) is 4.87. The lowest BCUT2D eigenvalue weighted by atomic mass is 10.1. The molecular weight excluding hydrogens is 236 g/mol. The molecule has 2 heterocycles. The van der Waals surface area contributed by atoms with Crippen LogP contribution in [0.4, 0.5) is 0 Å². The van der Waals surface area contributed by atoms with Gasteiger partial charge in [-0.3, -0.25) is 0 Å². The van der Waals surface area contributed by atoms with Gasteiger partial charge in [-0.1, -0.05) is 30.0 Å². The zero-order chi connectivity index (χ0) is 10.8. The fourth-order valence-electron chi connectivity index (χ4n) is 1.85. The molecule has 0 spiro atoms. The lowest BCUT2D eigenvalue weighted by Gasteiger charge is -2.05. The van der Waals surface area contributed by atoms with Gasteiger partial charge in [0.05, 0.1) is 0 Å². The van der Waals surface area contributed by atoms with E-state index in [1.165, 1.54) is 16.9 Å². The molecule has 0 radical (unpaired) electrons. The van der Waals surface area contributed by atoms with Crippen molar-refractivity contribution in [1.29, 1.82) is 0 Å². The van der Waals surface area contributed by atoms with Crippen molar-refractivity contribution < 1.29 is 0 Å². The summed E-state index contributed by atoms with van der Waals surface area (Å²) >= 11 is 3.80. The van der Waals surface area contributed by atoms with E-state index in [0.29, 0.717) is 5.25 Å². The lowest BCUT2D eigenvalue weighted by Crippen LogP contribution is -2.04. The molecule has 1 aliphatic heterocycles. The highest BCUT2D eigenvalue weighted by Crippen LogP contribution is 2.38. The van der Waals surface area contributed by atoms with Gasteiger partial charge in [0.1, 0.15) is 0 Å². The van der Waals surface area contributed by atoms with Crippen LogP contribution < -0.4 is 0 Å². The minimum Gasteiger partial charge on any atom is -0.340 e. The standard InChI is InChI=1S/C12H12N2S2/c1-2-4-11-9(3-1)7-10(16-11)8-15-12-13-5-6-14-12/h1-6,10H,7-8H2,(H,13,14). The minimum absolute atomic E-state index is 0.687. The van der Waals surface area contributed by atoms with Gasteiger partial charge >= 0.3 is 0 Å². The van der Waals surface area contributed by atoms with E-state index >= 15 is 0 Å². The molecule has 1 aliphatic rings. The van der Waals surface area contributed by atoms with Crippen LogP contribution in [-0.2, 0) is 6.42 Å². The van der Waals surface area contributed by atoms with E-state index in [0.717, 1.165) is 10.9 Å². The predicted octanol–water partition coefficient (Wildman–Crippen LogP) is 3.22. The number of fused-ring (bicyclic) bond motifs is 1. The molecule has 1 aromatic carbocycles. The van der Waals surface area contributed by atoms with Crippen molar-refractivity contribution in [3.05, 3.63) is 42.2 Å². The van der Waals surface area contributed by atoms with Gasteiger partial charge in [0, 0.05) is 28.3 Å². The molecule has 2 nitrogen and oxygen atoms in total. The number of aromatic nitrogens is 2. The Morgan fingerprint density at radius 3 is 3.19 bits per heavy atom. The first-order chi connectivity index (χ1) is 7.92. The SMILES string of the molecule is c1ccc2c(c1)CC(CSc1ncc[nH]1)S2. The molecule has 1 N–H and O–H groups in total. The van der Waals surface area contributed by atoms with Crippen LogP contribution in [0.1, 0.15) is 5.56 Å². The highest BCUT2D eigenvalue weighted by atomic mass is 32.2. The topological polar surface area (TPSA) is 28.7 Å². The summed E-state index contributed by atoms with van der Waals surface area (Å²) in [5.74, 6) is 1.12. The Morgan fingerprint density at radius 2 is 2.38 bits per heavy atom. The third-order valence-electron chi connectivity index (χ3n) is 2.59. The normalized spacial score (nSPS) is 18.6. The number of H-pyrrole nitrogens is 1. The molecule has 0 saturated heterocycles. The first kappa shape index (κ1) is 10.3. The third-order valence-corrected chi connectivity index (χ3v) is 5.19. The first-order valence-electron chi connectivity index (χ1n) is 5.28. The largest absolute Gasteiger partial charge is 0.340 e. The van der Waals surface area contributed by atoms with Crippen LogP contribution in [0.15, 0.2) is 46.7 Å². The number of thioether (sulfide) groups is 2. The fraction of sp³-hybridized carbons (Fsp3) is 0.250.